The zero-order valence-corrected chi connectivity index (χ0v) is 15.7. The van der Waals surface area contributed by atoms with Crippen LogP contribution in [-0.2, 0) is 29.4 Å². The van der Waals surface area contributed by atoms with Crippen molar-refractivity contribution in [3.8, 4) is 0 Å². The molecule has 1 heterocycles. The Morgan fingerprint density at radius 1 is 1.04 bits per heavy atom. The van der Waals surface area contributed by atoms with E-state index < -0.39 is 10.0 Å². The molecule has 0 amide bonds. The lowest BCUT2D eigenvalue weighted by Gasteiger charge is -2.11. The van der Waals surface area contributed by atoms with Gasteiger partial charge in [-0.25, -0.2) is 22.5 Å². The quantitative estimate of drug-likeness (QED) is 0.613. The van der Waals surface area contributed by atoms with Crippen molar-refractivity contribution in [3.63, 3.8) is 0 Å². The summed E-state index contributed by atoms with van der Waals surface area (Å²) in [7, 11) is -3.53. The van der Waals surface area contributed by atoms with Crippen LogP contribution in [0, 0.1) is 5.82 Å². The van der Waals surface area contributed by atoms with Crippen LogP contribution in [-0.4, -0.2) is 24.5 Å². The second-order valence-electron chi connectivity index (χ2n) is 6.28. The van der Waals surface area contributed by atoms with Crippen LogP contribution in [0.1, 0.15) is 17.5 Å². The molecule has 0 aliphatic rings. The number of rotatable bonds is 9. The summed E-state index contributed by atoms with van der Waals surface area (Å²) in [5.41, 5.74) is 1.87. The highest BCUT2D eigenvalue weighted by Crippen LogP contribution is 2.15. The van der Waals surface area contributed by atoms with E-state index in [-0.39, 0.29) is 17.3 Å². The van der Waals surface area contributed by atoms with Gasteiger partial charge in [0.1, 0.15) is 5.82 Å². The molecule has 0 saturated carbocycles. The van der Waals surface area contributed by atoms with Crippen molar-refractivity contribution in [3.05, 3.63) is 84.2 Å². The number of benzene rings is 2. The molecule has 1 aromatic heterocycles. The second kappa shape index (κ2) is 8.92. The summed E-state index contributed by atoms with van der Waals surface area (Å²) >= 11 is 0. The summed E-state index contributed by atoms with van der Waals surface area (Å²) < 4.78 is 42.8. The Labute approximate surface area is 158 Å². The molecule has 2 aromatic carbocycles. The van der Waals surface area contributed by atoms with Gasteiger partial charge in [0.15, 0.2) is 0 Å². The minimum atomic E-state index is -3.53. The van der Waals surface area contributed by atoms with E-state index in [9.17, 15) is 12.8 Å². The summed E-state index contributed by atoms with van der Waals surface area (Å²) in [5.74, 6) is -0.277. The molecule has 0 radical (unpaired) electrons. The Morgan fingerprint density at radius 3 is 2.59 bits per heavy atom. The number of aryl methyl sites for hydroxylation is 2. The Kier molecular flexibility index (Phi) is 6.36. The van der Waals surface area contributed by atoms with E-state index in [4.69, 9.17) is 0 Å². The van der Waals surface area contributed by atoms with Crippen molar-refractivity contribution >= 4 is 10.0 Å². The summed E-state index contributed by atoms with van der Waals surface area (Å²) in [6.07, 6.45) is 7.45. The molecule has 142 valence electrons. The molecule has 0 saturated heterocycles. The van der Waals surface area contributed by atoms with Gasteiger partial charge in [0.2, 0.25) is 10.0 Å². The van der Waals surface area contributed by atoms with Crippen molar-refractivity contribution in [2.45, 2.75) is 30.7 Å². The van der Waals surface area contributed by atoms with Crippen LogP contribution in [0.15, 0.2) is 72.1 Å². The number of aromatic nitrogens is 2. The van der Waals surface area contributed by atoms with E-state index in [0.29, 0.717) is 6.42 Å². The number of nitrogens with zero attached hydrogens (tertiary/aromatic N) is 2. The van der Waals surface area contributed by atoms with Gasteiger partial charge in [0.25, 0.3) is 0 Å². The molecule has 0 aliphatic carbocycles. The average molecular weight is 387 g/mol. The molecular formula is C20H22FN3O2S. The van der Waals surface area contributed by atoms with Gasteiger partial charge < -0.3 is 4.57 Å². The molecule has 3 rings (SSSR count). The third kappa shape index (κ3) is 5.48. The highest BCUT2D eigenvalue weighted by atomic mass is 32.2. The molecule has 0 unspecified atom stereocenters. The van der Waals surface area contributed by atoms with E-state index >= 15 is 0 Å². The third-order valence-electron chi connectivity index (χ3n) is 4.33. The number of sulfonamides is 1. The third-order valence-corrected chi connectivity index (χ3v) is 5.81. The van der Waals surface area contributed by atoms with Gasteiger partial charge in [-0.15, -0.1) is 0 Å². The highest BCUT2D eigenvalue weighted by Gasteiger charge is 2.13. The fourth-order valence-electron chi connectivity index (χ4n) is 2.95. The molecule has 5 nitrogen and oxygen atoms in total. The number of imidazole rings is 1. The fraction of sp³-hybridized carbons (Fsp3) is 0.250. The van der Waals surface area contributed by atoms with E-state index in [1.165, 1.54) is 12.1 Å². The Bertz CT molecular complexity index is 958. The maximum Gasteiger partial charge on any atom is 0.240 e. The highest BCUT2D eigenvalue weighted by molar-refractivity contribution is 7.89. The molecule has 0 aliphatic heterocycles. The Hall–Kier alpha value is -2.51. The Balaban J connectivity index is 1.59. The van der Waals surface area contributed by atoms with Gasteiger partial charge in [0, 0.05) is 25.5 Å². The van der Waals surface area contributed by atoms with E-state index in [1.54, 1.807) is 48.9 Å². The minimum Gasteiger partial charge on any atom is -0.337 e. The van der Waals surface area contributed by atoms with Crippen LogP contribution in [0.2, 0.25) is 0 Å². The van der Waals surface area contributed by atoms with Crippen LogP contribution in [0.5, 0.6) is 0 Å². The number of halogens is 1. The van der Waals surface area contributed by atoms with Crippen molar-refractivity contribution < 1.29 is 12.8 Å². The fourth-order valence-corrected chi connectivity index (χ4v) is 4.00. The minimum absolute atomic E-state index is 0.240. The first kappa shape index (κ1) is 19.3. The standard InChI is InChI=1S/C20H22FN3O2S/c21-19-9-8-17(18(15-19)5-4-13-24-14-12-22-16-24)10-11-23-27(25,26)20-6-2-1-3-7-20/h1-3,6-9,12,14-16,23H,4-5,10-11,13H2. The van der Waals surface area contributed by atoms with E-state index in [2.05, 4.69) is 9.71 Å². The van der Waals surface area contributed by atoms with Crippen LogP contribution < -0.4 is 4.72 Å². The van der Waals surface area contributed by atoms with E-state index in [1.807, 2.05) is 10.8 Å². The maximum absolute atomic E-state index is 13.7. The van der Waals surface area contributed by atoms with Crippen LogP contribution in [0.4, 0.5) is 4.39 Å². The van der Waals surface area contributed by atoms with Crippen LogP contribution in [0.25, 0.3) is 0 Å². The molecular weight excluding hydrogens is 365 g/mol. The van der Waals surface area contributed by atoms with Crippen molar-refractivity contribution in [1.82, 2.24) is 14.3 Å². The van der Waals surface area contributed by atoms with Gasteiger partial charge in [0.05, 0.1) is 11.2 Å². The van der Waals surface area contributed by atoms with Gasteiger partial charge >= 0.3 is 0 Å². The van der Waals surface area contributed by atoms with Crippen molar-refractivity contribution in [2.75, 3.05) is 6.54 Å². The Morgan fingerprint density at radius 2 is 1.85 bits per heavy atom. The summed E-state index contributed by atoms with van der Waals surface area (Å²) in [6, 6.07) is 12.9. The lowest BCUT2D eigenvalue weighted by Crippen LogP contribution is -2.26. The number of nitrogens with one attached hydrogen (secondary N) is 1. The summed E-state index contributed by atoms with van der Waals surface area (Å²) in [4.78, 5) is 4.25. The molecule has 0 fully saturated rings. The lowest BCUT2D eigenvalue weighted by molar-refractivity contribution is 0.581. The first-order valence-corrected chi connectivity index (χ1v) is 10.3. The normalized spacial score (nSPS) is 11.6. The average Bonchev–Trinajstić information content (AvgIpc) is 3.17. The van der Waals surface area contributed by atoms with Gasteiger partial charge in [-0.05, 0) is 54.7 Å². The first-order valence-electron chi connectivity index (χ1n) is 8.82. The number of hydrogen-bond donors (Lipinski definition) is 1. The summed E-state index contributed by atoms with van der Waals surface area (Å²) in [6.45, 7) is 1.06. The summed E-state index contributed by atoms with van der Waals surface area (Å²) in [5, 5.41) is 0. The molecule has 27 heavy (non-hydrogen) atoms. The largest absolute Gasteiger partial charge is 0.337 e. The molecule has 7 heteroatoms. The molecule has 0 bridgehead atoms. The molecule has 1 N–H and O–H groups in total. The number of hydrogen-bond acceptors (Lipinski definition) is 3. The molecule has 3 aromatic rings. The topological polar surface area (TPSA) is 64.0 Å². The van der Waals surface area contributed by atoms with E-state index in [0.717, 1.165) is 30.5 Å². The maximum atomic E-state index is 13.7. The predicted octanol–water partition coefficient (Wildman–Crippen LogP) is 3.18. The monoisotopic (exact) mass is 387 g/mol. The van der Waals surface area contributed by atoms with Crippen molar-refractivity contribution in [1.29, 1.82) is 0 Å². The van der Waals surface area contributed by atoms with Crippen LogP contribution >= 0.6 is 0 Å². The zero-order valence-electron chi connectivity index (χ0n) is 14.9. The predicted molar refractivity (Wildman–Crippen MR) is 102 cm³/mol. The SMILES string of the molecule is O=S(=O)(NCCc1ccc(F)cc1CCCn1ccnc1)c1ccccc1. The molecule has 0 atom stereocenters. The van der Waals surface area contributed by atoms with Crippen LogP contribution in [0.3, 0.4) is 0 Å². The van der Waals surface area contributed by atoms with Gasteiger partial charge in [-0.3, -0.25) is 0 Å². The lowest BCUT2D eigenvalue weighted by atomic mass is 10.0. The smallest absolute Gasteiger partial charge is 0.240 e. The first-order chi connectivity index (χ1) is 13.0. The van der Waals surface area contributed by atoms with Gasteiger partial charge in [-0.1, -0.05) is 24.3 Å². The van der Waals surface area contributed by atoms with Gasteiger partial charge in [-0.2, -0.15) is 0 Å². The van der Waals surface area contributed by atoms with Crippen molar-refractivity contribution in [2.24, 2.45) is 0 Å². The second-order valence-corrected chi connectivity index (χ2v) is 8.04. The molecule has 0 spiro atoms. The zero-order chi connectivity index (χ0) is 19.1.